The van der Waals surface area contributed by atoms with E-state index in [1.165, 1.54) is 17.3 Å². The number of hydrogen-bond acceptors (Lipinski definition) is 9. The number of aliphatic imine (C=N–C) groups is 1. The Bertz CT molecular complexity index is 1340. The van der Waals surface area contributed by atoms with Gasteiger partial charge < -0.3 is 21.3 Å². The average Bonchev–Trinajstić information content (AvgIpc) is 3.32. The molecule has 0 saturated carbocycles. The van der Waals surface area contributed by atoms with Gasteiger partial charge in [-0.15, -0.1) is 0 Å². The quantitative estimate of drug-likeness (QED) is 0.260. The molecule has 1 fully saturated rings. The van der Waals surface area contributed by atoms with E-state index in [9.17, 15) is 0 Å². The van der Waals surface area contributed by atoms with Gasteiger partial charge in [0, 0.05) is 17.3 Å². The zero-order valence-corrected chi connectivity index (χ0v) is 23.4. The van der Waals surface area contributed by atoms with Crippen LogP contribution in [0.5, 0.6) is 0 Å². The number of piperidine rings is 1. The van der Waals surface area contributed by atoms with Gasteiger partial charge in [-0.05, 0) is 81.5 Å². The summed E-state index contributed by atoms with van der Waals surface area (Å²) < 4.78 is 5.36. The summed E-state index contributed by atoms with van der Waals surface area (Å²) in [5.41, 5.74) is 16.8. The highest BCUT2D eigenvalue weighted by molar-refractivity contribution is 6.32. The van der Waals surface area contributed by atoms with E-state index in [2.05, 4.69) is 75.1 Å². The average molecular weight is 538 g/mol. The number of hydrogen-bond donors (Lipinski definition) is 3. The molecule has 1 aliphatic heterocycles. The Morgan fingerprint density at radius 3 is 2.61 bits per heavy atom. The lowest BCUT2D eigenvalue weighted by Crippen LogP contribution is -2.33. The van der Waals surface area contributed by atoms with E-state index in [4.69, 9.17) is 27.6 Å². The van der Waals surface area contributed by atoms with E-state index in [0.717, 1.165) is 49.6 Å². The van der Waals surface area contributed by atoms with Crippen LogP contribution in [0.25, 0.3) is 0 Å². The molecule has 1 aliphatic rings. The van der Waals surface area contributed by atoms with Crippen LogP contribution in [0.2, 0.25) is 5.02 Å². The number of aryl methyl sites for hydroxylation is 2. The number of nitrogens with one attached hydrogen (secondary N) is 1. The highest BCUT2D eigenvalue weighted by Crippen LogP contribution is 2.34. The predicted octanol–water partition coefficient (Wildman–Crippen LogP) is 5.23. The van der Waals surface area contributed by atoms with Gasteiger partial charge in [-0.25, -0.2) is 9.98 Å². The maximum Gasteiger partial charge on any atom is 0.229 e. The monoisotopic (exact) mass is 537 g/mol. The minimum atomic E-state index is 0.219. The predicted molar refractivity (Wildman–Crippen MR) is 151 cm³/mol. The zero-order chi connectivity index (χ0) is 27.4. The van der Waals surface area contributed by atoms with Crippen LogP contribution >= 0.6 is 11.6 Å². The van der Waals surface area contributed by atoms with Crippen molar-refractivity contribution in [2.45, 2.75) is 65.8 Å². The topological polar surface area (TPSA) is 144 Å². The number of rotatable bonds is 8. The third-order valence-corrected chi connectivity index (χ3v) is 6.83. The maximum absolute atomic E-state index is 6.23. The van der Waals surface area contributed by atoms with Crippen LogP contribution in [-0.2, 0) is 6.54 Å². The van der Waals surface area contributed by atoms with Gasteiger partial charge in [0.2, 0.25) is 11.8 Å². The van der Waals surface area contributed by atoms with Crippen molar-refractivity contribution < 1.29 is 4.52 Å². The van der Waals surface area contributed by atoms with Gasteiger partial charge in [0.15, 0.2) is 11.6 Å². The minimum absolute atomic E-state index is 0.219. The summed E-state index contributed by atoms with van der Waals surface area (Å²) in [7, 11) is 0. The number of aromatic nitrogens is 4. The molecule has 4 rings (SSSR count). The first-order chi connectivity index (χ1) is 18.1. The second-order valence-electron chi connectivity index (χ2n) is 10.2. The Labute approximate surface area is 228 Å². The summed E-state index contributed by atoms with van der Waals surface area (Å²) in [5, 5.41) is 7.75. The Balaban J connectivity index is 1.42. The first-order valence-corrected chi connectivity index (χ1v) is 13.2. The van der Waals surface area contributed by atoms with Crippen molar-refractivity contribution in [3.63, 3.8) is 0 Å². The van der Waals surface area contributed by atoms with Crippen LogP contribution in [0.1, 0.15) is 73.9 Å². The third-order valence-electron chi connectivity index (χ3n) is 6.57. The Morgan fingerprint density at radius 1 is 1.21 bits per heavy atom. The van der Waals surface area contributed by atoms with Gasteiger partial charge >= 0.3 is 0 Å². The summed E-state index contributed by atoms with van der Waals surface area (Å²) in [6.45, 7) is 12.8. The molecule has 0 radical (unpaired) electrons. The molecule has 3 heterocycles. The number of amidine groups is 1. The number of benzene rings is 1. The third kappa shape index (κ3) is 6.87. The number of nitrogens with two attached hydrogens (primary N) is 2. The van der Waals surface area contributed by atoms with Gasteiger partial charge in [-0.3, -0.25) is 4.90 Å². The summed E-state index contributed by atoms with van der Waals surface area (Å²) in [5.74, 6) is 3.10. The van der Waals surface area contributed by atoms with Gasteiger partial charge in [0.1, 0.15) is 10.9 Å². The van der Waals surface area contributed by atoms with Crippen LogP contribution in [-0.4, -0.2) is 43.9 Å². The fourth-order valence-electron chi connectivity index (χ4n) is 4.59. The summed E-state index contributed by atoms with van der Waals surface area (Å²) in [6.07, 6.45) is 5.23. The van der Waals surface area contributed by atoms with E-state index >= 15 is 0 Å². The van der Waals surface area contributed by atoms with E-state index in [1.54, 1.807) is 13.0 Å². The van der Waals surface area contributed by atoms with E-state index in [-0.39, 0.29) is 17.6 Å². The summed E-state index contributed by atoms with van der Waals surface area (Å²) in [6, 6.07) is 4.42. The number of likely N-dealkylation sites (tertiary alicyclic amines) is 1. The van der Waals surface area contributed by atoms with Crippen molar-refractivity contribution >= 4 is 34.9 Å². The summed E-state index contributed by atoms with van der Waals surface area (Å²) in [4.78, 5) is 19.9. The van der Waals surface area contributed by atoms with Crippen molar-refractivity contribution in [3.8, 4) is 0 Å². The molecule has 2 aromatic heterocycles. The molecule has 1 aromatic carbocycles. The standard InChI is InChI=1S/C27H36ClN9O/c1-15(2)26-34-24(36-38-26)14-37-8-6-19(7-9-37)20-10-17(4)22(11-16(20)3)32-27-31-13-21(28)25(35-27)33-23(30)12-18(5)29/h10-13,15,19H,6-9,14,29H2,1-5H3,(H3,30,31,32,33,35)/b18-12-. The number of halogens is 1. The lowest BCUT2D eigenvalue weighted by atomic mass is 9.85. The first-order valence-electron chi connectivity index (χ1n) is 12.8. The van der Waals surface area contributed by atoms with Gasteiger partial charge in [-0.1, -0.05) is 36.7 Å². The minimum Gasteiger partial charge on any atom is -0.402 e. The molecule has 0 spiro atoms. The van der Waals surface area contributed by atoms with Crippen LogP contribution in [0, 0.1) is 13.8 Å². The highest BCUT2D eigenvalue weighted by Gasteiger charge is 2.24. The smallest absolute Gasteiger partial charge is 0.229 e. The molecule has 10 nitrogen and oxygen atoms in total. The molecule has 0 bridgehead atoms. The molecule has 38 heavy (non-hydrogen) atoms. The number of nitrogens with zero attached hydrogens (tertiary/aromatic N) is 6. The first kappa shape index (κ1) is 27.5. The maximum atomic E-state index is 6.23. The van der Waals surface area contributed by atoms with Crippen molar-refractivity contribution in [2.75, 3.05) is 18.4 Å². The Hall–Kier alpha value is -3.50. The molecule has 3 aromatic rings. The molecular weight excluding hydrogens is 502 g/mol. The fraction of sp³-hybridized carbons (Fsp3) is 0.444. The van der Waals surface area contributed by atoms with Crippen molar-refractivity contribution in [3.05, 3.63) is 63.5 Å². The molecule has 0 aliphatic carbocycles. The largest absolute Gasteiger partial charge is 0.402 e. The van der Waals surface area contributed by atoms with Gasteiger partial charge in [0.25, 0.3) is 0 Å². The SMILES string of the molecule is C/C(N)=C/C(N)=Nc1nc(Nc2cc(C)c(C3CCN(Cc4noc(C(C)C)n4)CC3)cc2C)ncc1Cl. The molecule has 0 amide bonds. The van der Waals surface area contributed by atoms with E-state index < -0.39 is 0 Å². The van der Waals surface area contributed by atoms with E-state index in [1.807, 2.05) is 0 Å². The molecule has 1 saturated heterocycles. The normalized spacial score (nSPS) is 15.9. The fourth-order valence-corrected chi connectivity index (χ4v) is 4.72. The Kier molecular flexibility index (Phi) is 8.63. The zero-order valence-electron chi connectivity index (χ0n) is 22.6. The van der Waals surface area contributed by atoms with Crippen LogP contribution in [0.4, 0.5) is 17.5 Å². The summed E-state index contributed by atoms with van der Waals surface area (Å²) >= 11 is 6.23. The number of anilines is 2. The lowest BCUT2D eigenvalue weighted by molar-refractivity contribution is 0.197. The molecule has 202 valence electrons. The van der Waals surface area contributed by atoms with Gasteiger partial charge in [0.05, 0.1) is 12.7 Å². The molecule has 0 unspecified atom stereocenters. The molecule has 11 heteroatoms. The lowest BCUT2D eigenvalue weighted by Gasteiger charge is -2.32. The Morgan fingerprint density at radius 2 is 1.95 bits per heavy atom. The molecule has 5 N–H and O–H groups in total. The van der Waals surface area contributed by atoms with Crippen molar-refractivity contribution in [1.29, 1.82) is 0 Å². The van der Waals surface area contributed by atoms with E-state index in [0.29, 0.717) is 28.5 Å². The second-order valence-corrected chi connectivity index (χ2v) is 10.6. The van der Waals surface area contributed by atoms with Crippen molar-refractivity contribution in [2.24, 2.45) is 16.5 Å². The van der Waals surface area contributed by atoms with Crippen LogP contribution in [0.3, 0.4) is 0 Å². The molecular formula is C27H36ClN9O. The molecule has 0 atom stereocenters. The number of allylic oxidation sites excluding steroid dienone is 1. The van der Waals surface area contributed by atoms with Crippen LogP contribution in [0.15, 0.2) is 39.6 Å². The van der Waals surface area contributed by atoms with Gasteiger partial charge in [-0.2, -0.15) is 9.97 Å². The van der Waals surface area contributed by atoms with Crippen molar-refractivity contribution in [1.82, 2.24) is 25.0 Å². The second kappa shape index (κ2) is 11.9. The van der Waals surface area contributed by atoms with Crippen LogP contribution < -0.4 is 16.8 Å². The highest BCUT2D eigenvalue weighted by atomic mass is 35.5.